The van der Waals surface area contributed by atoms with Crippen LogP contribution in [0.5, 0.6) is 0 Å². The fraction of sp³-hybridized carbons (Fsp3) is 0.333. The van der Waals surface area contributed by atoms with Crippen molar-refractivity contribution in [3.8, 4) is 0 Å². The van der Waals surface area contributed by atoms with Gasteiger partial charge in [-0.3, -0.25) is 0 Å². The Kier molecular flexibility index (Phi) is 4.60. The molecule has 3 rings (SSSR count). The van der Waals surface area contributed by atoms with Crippen molar-refractivity contribution in [2.75, 3.05) is 13.1 Å². The number of nitrogens with one attached hydrogen (secondary N) is 1. The molecule has 0 aromatic heterocycles. The number of hydrogen-bond acceptors (Lipinski definition) is 3. The van der Waals surface area contributed by atoms with Crippen LogP contribution in [0.1, 0.15) is 23.7 Å². The molecule has 1 N–H and O–H groups in total. The SMILES string of the molecule is O=S(=O)(c1ccccc1)C(c1ccccc1)C1CCNCC1. The average molecular weight is 315 g/mol. The fourth-order valence-electron chi connectivity index (χ4n) is 3.25. The van der Waals surface area contributed by atoms with Crippen LogP contribution in [0.2, 0.25) is 0 Å². The highest BCUT2D eigenvalue weighted by Gasteiger charge is 2.36. The van der Waals surface area contributed by atoms with Gasteiger partial charge in [-0.05, 0) is 49.5 Å². The lowest BCUT2D eigenvalue weighted by molar-refractivity contribution is 0.357. The van der Waals surface area contributed by atoms with Gasteiger partial charge in [0.25, 0.3) is 0 Å². The molecule has 22 heavy (non-hydrogen) atoms. The van der Waals surface area contributed by atoms with Crippen molar-refractivity contribution in [2.45, 2.75) is 23.0 Å². The Balaban J connectivity index is 2.05. The normalized spacial score (nSPS) is 18.0. The van der Waals surface area contributed by atoms with Crippen LogP contribution in [0.25, 0.3) is 0 Å². The molecule has 0 amide bonds. The third-order valence-electron chi connectivity index (χ3n) is 4.35. The minimum Gasteiger partial charge on any atom is -0.317 e. The van der Waals surface area contributed by atoms with E-state index in [0.29, 0.717) is 4.90 Å². The molecular weight excluding hydrogens is 294 g/mol. The Morgan fingerprint density at radius 2 is 1.41 bits per heavy atom. The topological polar surface area (TPSA) is 46.2 Å². The van der Waals surface area contributed by atoms with Gasteiger partial charge in [0.15, 0.2) is 9.84 Å². The van der Waals surface area contributed by atoms with Crippen LogP contribution in [-0.4, -0.2) is 21.5 Å². The zero-order valence-corrected chi connectivity index (χ0v) is 13.3. The first-order chi connectivity index (χ1) is 10.7. The molecule has 2 aromatic rings. The van der Waals surface area contributed by atoms with Crippen molar-refractivity contribution in [1.82, 2.24) is 5.32 Å². The number of piperidine rings is 1. The summed E-state index contributed by atoms with van der Waals surface area (Å²) in [5.41, 5.74) is 0.901. The van der Waals surface area contributed by atoms with Crippen LogP contribution in [0.3, 0.4) is 0 Å². The van der Waals surface area contributed by atoms with Gasteiger partial charge in [0.1, 0.15) is 0 Å². The summed E-state index contributed by atoms with van der Waals surface area (Å²) in [4.78, 5) is 0.419. The molecule has 1 aliphatic heterocycles. The molecule has 0 spiro atoms. The van der Waals surface area contributed by atoms with Gasteiger partial charge in [-0.2, -0.15) is 0 Å². The van der Waals surface area contributed by atoms with Crippen LogP contribution in [-0.2, 0) is 9.84 Å². The van der Waals surface area contributed by atoms with Crippen molar-refractivity contribution in [3.63, 3.8) is 0 Å². The summed E-state index contributed by atoms with van der Waals surface area (Å²) in [7, 11) is -3.38. The molecule has 0 radical (unpaired) electrons. The maximum Gasteiger partial charge on any atom is 0.185 e. The second-order valence-electron chi connectivity index (χ2n) is 5.78. The Morgan fingerprint density at radius 3 is 2.00 bits per heavy atom. The summed E-state index contributed by atoms with van der Waals surface area (Å²) in [5, 5.41) is 2.86. The first-order valence-corrected chi connectivity index (χ1v) is 9.29. The van der Waals surface area contributed by atoms with Crippen molar-refractivity contribution >= 4 is 9.84 Å². The van der Waals surface area contributed by atoms with Crippen LogP contribution in [0.15, 0.2) is 65.6 Å². The number of benzene rings is 2. The molecule has 2 aromatic carbocycles. The Morgan fingerprint density at radius 1 is 0.864 bits per heavy atom. The Hall–Kier alpha value is -1.65. The predicted molar refractivity (Wildman–Crippen MR) is 88.4 cm³/mol. The van der Waals surface area contributed by atoms with E-state index < -0.39 is 15.1 Å². The van der Waals surface area contributed by atoms with Gasteiger partial charge in [0.05, 0.1) is 10.1 Å². The van der Waals surface area contributed by atoms with Gasteiger partial charge < -0.3 is 5.32 Å². The monoisotopic (exact) mass is 315 g/mol. The second-order valence-corrected chi connectivity index (χ2v) is 7.85. The molecule has 0 saturated carbocycles. The summed E-state index contributed by atoms with van der Waals surface area (Å²) in [6, 6.07) is 18.5. The van der Waals surface area contributed by atoms with E-state index in [1.165, 1.54) is 0 Å². The molecule has 4 heteroatoms. The highest BCUT2D eigenvalue weighted by molar-refractivity contribution is 7.91. The highest BCUT2D eigenvalue weighted by atomic mass is 32.2. The van der Waals surface area contributed by atoms with Gasteiger partial charge in [-0.15, -0.1) is 0 Å². The zero-order valence-electron chi connectivity index (χ0n) is 12.5. The molecule has 1 saturated heterocycles. The Labute approximate surface area is 132 Å². The molecular formula is C18H21NO2S. The zero-order chi connectivity index (χ0) is 15.4. The van der Waals surface area contributed by atoms with E-state index in [9.17, 15) is 8.42 Å². The summed E-state index contributed by atoms with van der Waals surface area (Å²) in [5.74, 6) is 0.161. The predicted octanol–water partition coefficient (Wildman–Crippen LogP) is 3.20. The van der Waals surface area contributed by atoms with Gasteiger partial charge >= 0.3 is 0 Å². The summed E-state index contributed by atoms with van der Waals surface area (Å²) < 4.78 is 26.4. The van der Waals surface area contributed by atoms with E-state index in [1.54, 1.807) is 24.3 Å². The third-order valence-corrected chi connectivity index (χ3v) is 6.60. The van der Waals surface area contributed by atoms with Gasteiger partial charge in [0, 0.05) is 0 Å². The summed E-state index contributed by atoms with van der Waals surface area (Å²) in [6.07, 6.45) is 1.79. The standard InChI is InChI=1S/C18H21NO2S/c20-22(21,17-9-5-2-6-10-17)18(15-7-3-1-4-8-15)16-11-13-19-14-12-16/h1-10,16,18-19H,11-14H2. The maximum absolute atomic E-state index is 13.2. The molecule has 1 fully saturated rings. The first kappa shape index (κ1) is 15.3. The van der Waals surface area contributed by atoms with Crippen molar-refractivity contribution in [2.24, 2.45) is 5.92 Å². The van der Waals surface area contributed by atoms with Crippen LogP contribution < -0.4 is 5.32 Å². The van der Waals surface area contributed by atoms with E-state index in [0.717, 1.165) is 31.5 Å². The van der Waals surface area contributed by atoms with E-state index in [-0.39, 0.29) is 5.92 Å². The minimum atomic E-state index is -3.38. The molecule has 3 nitrogen and oxygen atoms in total. The molecule has 0 bridgehead atoms. The van der Waals surface area contributed by atoms with E-state index in [2.05, 4.69) is 5.32 Å². The van der Waals surface area contributed by atoms with E-state index in [4.69, 9.17) is 0 Å². The number of sulfone groups is 1. The molecule has 1 unspecified atom stereocenters. The van der Waals surface area contributed by atoms with Crippen LogP contribution in [0.4, 0.5) is 0 Å². The van der Waals surface area contributed by atoms with Gasteiger partial charge in [-0.25, -0.2) is 8.42 Å². The first-order valence-electron chi connectivity index (χ1n) is 7.74. The molecule has 0 aliphatic carbocycles. The Bertz CT molecular complexity index is 692. The molecule has 1 atom stereocenters. The smallest absolute Gasteiger partial charge is 0.185 e. The summed E-state index contributed by atoms with van der Waals surface area (Å²) >= 11 is 0. The maximum atomic E-state index is 13.2. The summed E-state index contributed by atoms with van der Waals surface area (Å²) in [6.45, 7) is 1.77. The number of hydrogen-bond donors (Lipinski definition) is 1. The average Bonchev–Trinajstić information content (AvgIpc) is 2.58. The highest BCUT2D eigenvalue weighted by Crippen LogP contribution is 2.39. The second kappa shape index (κ2) is 6.63. The molecule has 116 valence electrons. The third kappa shape index (κ3) is 3.08. The minimum absolute atomic E-state index is 0.161. The van der Waals surface area contributed by atoms with E-state index in [1.807, 2.05) is 36.4 Å². The van der Waals surface area contributed by atoms with Crippen molar-refractivity contribution < 1.29 is 8.42 Å². The van der Waals surface area contributed by atoms with Crippen LogP contribution in [0, 0.1) is 5.92 Å². The van der Waals surface area contributed by atoms with Crippen LogP contribution >= 0.6 is 0 Å². The lowest BCUT2D eigenvalue weighted by Crippen LogP contribution is -2.33. The largest absolute Gasteiger partial charge is 0.317 e. The quantitative estimate of drug-likeness (QED) is 0.942. The fourth-order valence-corrected chi connectivity index (χ4v) is 5.38. The van der Waals surface area contributed by atoms with Gasteiger partial charge in [0.2, 0.25) is 0 Å². The lowest BCUT2D eigenvalue weighted by atomic mass is 9.90. The van der Waals surface area contributed by atoms with E-state index >= 15 is 0 Å². The van der Waals surface area contributed by atoms with Crippen molar-refractivity contribution in [3.05, 3.63) is 66.2 Å². The molecule has 1 heterocycles. The number of rotatable bonds is 4. The lowest BCUT2D eigenvalue weighted by Gasteiger charge is -2.31. The van der Waals surface area contributed by atoms with Gasteiger partial charge in [-0.1, -0.05) is 48.5 Å². The molecule has 1 aliphatic rings. The van der Waals surface area contributed by atoms with Crippen molar-refractivity contribution in [1.29, 1.82) is 0 Å².